The first-order valence-electron chi connectivity index (χ1n) is 12.7. The molecule has 0 heterocycles. The number of hydrogen-bond donors (Lipinski definition) is 1. The van der Waals surface area contributed by atoms with E-state index in [9.17, 15) is 22.4 Å². The highest BCUT2D eigenvalue weighted by molar-refractivity contribution is 7.92. The van der Waals surface area contributed by atoms with Gasteiger partial charge in [-0.3, -0.25) is 13.9 Å². The quantitative estimate of drug-likeness (QED) is 0.349. The number of carbonyl (C=O) groups excluding carboxylic acids is 2. The minimum atomic E-state index is -4.21. The van der Waals surface area contributed by atoms with Gasteiger partial charge in [-0.25, -0.2) is 12.8 Å². The van der Waals surface area contributed by atoms with E-state index >= 15 is 0 Å². The average Bonchev–Trinajstić information content (AvgIpc) is 2.93. The summed E-state index contributed by atoms with van der Waals surface area (Å²) in [7, 11) is -4.21. The van der Waals surface area contributed by atoms with E-state index in [0.29, 0.717) is 19.4 Å². The highest BCUT2D eigenvalue weighted by atomic mass is 32.2. The zero-order valence-electron chi connectivity index (χ0n) is 21.7. The zero-order chi connectivity index (χ0) is 27.5. The van der Waals surface area contributed by atoms with E-state index in [-0.39, 0.29) is 23.0 Å². The second kappa shape index (κ2) is 13.7. The minimum absolute atomic E-state index is 0.140. The fourth-order valence-corrected chi connectivity index (χ4v) is 5.53. The number of carbonyl (C=O) groups is 2. The van der Waals surface area contributed by atoms with E-state index in [1.807, 2.05) is 44.2 Å². The van der Waals surface area contributed by atoms with E-state index in [1.54, 1.807) is 30.3 Å². The van der Waals surface area contributed by atoms with E-state index in [2.05, 4.69) is 5.32 Å². The number of benzene rings is 3. The molecule has 1 atom stereocenters. The lowest BCUT2D eigenvalue weighted by Gasteiger charge is -2.33. The molecule has 7 nitrogen and oxygen atoms in total. The van der Waals surface area contributed by atoms with Crippen LogP contribution in [0, 0.1) is 5.82 Å². The summed E-state index contributed by atoms with van der Waals surface area (Å²) in [5.41, 5.74) is 1.28. The number of hydrogen-bond acceptors (Lipinski definition) is 4. The van der Waals surface area contributed by atoms with Gasteiger partial charge in [-0.15, -0.1) is 0 Å². The van der Waals surface area contributed by atoms with Crippen molar-refractivity contribution in [1.82, 2.24) is 10.2 Å². The molecule has 0 aliphatic carbocycles. The molecule has 0 radical (unpaired) electrons. The fourth-order valence-electron chi connectivity index (χ4n) is 4.12. The molecule has 2 amide bonds. The first-order valence-corrected chi connectivity index (χ1v) is 14.2. The van der Waals surface area contributed by atoms with Crippen molar-refractivity contribution in [2.24, 2.45) is 0 Å². The number of rotatable bonds is 13. The largest absolute Gasteiger partial charge is 0.354 e. The highest BCUT2D eigenvalue weighted by Gasteiger charge is 2.33. The van der Waals surface area contributed by atoms with Crippen LogP contribution in [0.4, 0.5) is 10.1 Å². The highest BCUT2D eigenvalue weighted by Crippen LogP contribution is 2.24. The molecule has 0 unspecified atom stereocenters. The molecule has 38 heavy (non-hydrogen) atoms. The van der Waals surface area contributed by atoms with Crippen LogP contribution in [-0.2, 0) is 26.0 Å². The van der Waals surface area contributed by atoms with E-state index in [0.717, 1.165) is 28.4 Å². The lowest BCUT2D eigenvalue weighted by molar-refractivity contribution is -0.139. The number of nitrogens with zero attached hydrogens (tertiary/aromatic N) is 2. The number of amides is 2. The van der Waals surface area contributed by atoms with Gasteiger partial charge in [0.1, 0.15) is 18.4 Å². The van der Waals surface area contributed by atoms with Crippen LogP contribution in [0.2, 0.25) is 0 Å². The molecule has 0 saturated heterocycles. The third-order valence-corrected chi connectivity index (χ3v) is 7.93. The maximum atomic E-state index is 13.8. The van der Waals surface area contributed by atoms with Gasteiger partial charge in [0.2, 0.25) is 11.8 Å². The van der Waals surface area contributed by atoms with E-state index in [4.69, 9.17) is 0 Å². The Labute approximate surface area is 224 Å². The van der Waals surface area contributed by atoms with Crippen LogP contribution >= 0.6 is 0 Å². The topological polar surface area (TPSA) is 86.8 Å². The Morgan fingerprint density at radius 1 is 0.895 bits per heavy atom. The van der Waals surface area contributed by atoms with Crippen LogP contribution in [0.5, 0.6) is 0 Å². The lowest BCUT2D eigenvalue weighted by Crippen LogP contribution is -2.53. The van der Waals surface area contributed by atoms with Crippen molar-refractivity contribution in [3.05, 3.63) is 96.3 Å². The van der Waals surface area contributed by atoms with Crippen molar-refractivity contribution in [2.45, 2.75) is 44.0 Å². The van der Waals surface area contributed by atoms with Gasteiger partial charge in [0.15, 0.2) is 0 Å². The van der Waals surface area contributed by atoms with E-state index < -0.39 is 34.3 Å². The Kier molecular flexibility index (Phi) is 10.4. The molecule has 202 valence electrons. The molecule has 1 N–H and O–H groups in total. The second-order valence-electron chi connectivity index (χ2n) is 8.84. The van der Waals surface area contributed by atoms with Crippen LogP contribution < -0.4 is 9.62 Å². The third kappa shape index (κ3) is 7.41. The Bertz CT molecular complexity index is 1290. The van der Waals surface area contributed by atoms with Gasteiger partial charge in [0, 0.05) is 13.1 Å². The predicted octanol–water partition coefficient (Wildman–Crippen LogP) is 4.40. The Balaban J connectivity index is 1.96. The van der Waals surface area contributed by atoms with Gasteiger partial charge in [0.05, 0.1) is 10.6 Å². The summed E-state index contributed by atoms with van der Waals surface area (Å²) in [6.07, 6.45) is 1.62. The van der Waals surface area contributed by atoms with Crippen LogP contribution in [-0.4, -0.2) is 50.8 Å². The first-order chi connectivity index (χ1) is 18.3. The first kappa shape index (κ1) is 28.8. The molecular formula is C29H34FN3O4S. The molecule has 3 rings (SSSR count). The molecule has 9 heteroatoms. The van der Waals surface area contributed by atoms with Gasteiger partial charge in [-0.2, -0.15) is 0 Å². The predicted molar refractivity (Wildman–Crippen MR) is 147 cm³/mol. The fraction of sp³-hybridized carbons (Fsp3) is 0.310. The molecule has 0 aromatic heterocycles. The van der Waals surface area contributed by atoms with Gasteiger partial charge < -0.3 is 10.2 Å². The summed E-state index contributed by atoms with van der Waals surface area (Å²) in [5, 5.41) is 2.86. The van der Waals surface area contributed by atoms with Crippen molar-refractivity contribution in [1.29, 1.82) is 0 Å². The van der Waals surface area contributed by atoms with Crippen LogP contribution in [0.1, 0.15) is 32.3 Å². The molecule has 3 aromatic carbocycles. The molecule has 0 aliphatic rings. The summed E-state index contributed by atoms with van der Waals surface area (Å²) in [6, 6.07) is 21.6. The molecule has 0 aliphatic heterocycles. The molecule has 0 saturated carbocycles. The SMILES string of the molecule is CCCNC(=O)[C@H](CC)N(CCc1ccccc1)C(=O)CN(c1ccccc1)S(=O)(=O)c1ccc(F)cc1. The average molecular weight is 540 g/mol. The molecule has 0 bridgehead atoms. The summed E-state index contributed by atoms with van der Waals surface area (Å²) in [5.74, 6) is -1.35. The number of halogens is 1. The van der Waals surface area contributed by atoms with Crippen LogP contribution in [0.25, 0.3) is 0 Å². The van der Waals surface area contributed by atoms with Crippen molar-refractivity contribution in [3.63, 3.8) is 0 Å². The maximum absolute atomic E-state index is 13.8. The maximum Gasteiger partial charge on any atom is 0.264 e. The van der Waals surface area contributed by atoms with Crippen LogP contribution in [0.15, 0.2) is 89.8 Å². The standard InChI is InChI=1S/C29H34FN3O4S/c1-3-20-31-29(35)27(4-2)32(21-19-23-11-7-5-8-12-23)28(34)22-33(25-13-9-6-10-14-25)38(36,37)26-17-15-24(30)16-18-26/h5-18,27H,3-4,19-22H2,1-2H3,(H,31,35)/t27-/m0/s1. The van der Waals surface area contributed by atoms with Crippen molar-refractivity contribution in [2.75, 3.05) is 23.9 Å². The number of para-hydroxylation sites is 1. The van der Waals surface area contributed by atoms with Gasteiger partial charge in [0.25, 0.3) is 10.0 Å². The molecule has 0 spiro atoms. The Hall–Kier alpha value is -3.72. The monoisotopic (exact) mass is 539 g/mol. The Morgan fingerprint density at radius 2 is 1.50 bits per heavy atom. The van der Waals surface area contributed by atoms with Gasteiger partial charge >= 0.3 is 0 Å². The summed E-state index contributed by atoms with van der Waals surface area (Å²) in [4.78, 5) is 28.2. The minimum Gasteiger partial charge on any atom is -0.354 e. The summed E-state index contributed by atoms with van der Waals surface area (Å²) < 4.78 is 41.8. The second-order valence-corrected chi connectivity index (χ2v) is 10.7. The molecule has 3 aromatic rings. The van der Waals surface area contributed by atoms with Gasteiger partial charge in [-0.1, -0.05) is 62.4 Å². The van der Waals surface area contributed by atoms with Crippen LogP contribution in [0.3, 0.4) is 0 Å². The lowest BCUT2D eigenvalue weighted by atomic mass is 10.1. The number of sulfonamides is 1. The van der Waals surface area contributed by atoms with Gasteiger partial charge in [-0.05, 0) is 61.2 Å². The molecule has 0 fully saturated rings. The number of nitrogens with one attached hydrogen (secondary N) is 1. The van der Waals surface area contributed by atoms with E-state index in [1.165, 1.54) is 17.0 Å². The Morgan fingerprint density at radius 3 is 2.08 bits per heavy atom. The normalized spacial score (nSPS) is 12.0. The van der Waals surface area contributed by atoms with Crippen molar-refractivity contribution >= 4 is 27.5 Å². The zero-order valence-corrected chi connectivity index (χ0v) is 22.5. The summed E-state index contributed by atoms with van der Waals surface area (Å²) in [6.45, 7) is 3.96. The third-order valence-electron chi connectivity index (χ3n) is 6.14. The smallest absolute Gasteiger partial charge is 0.264 e. The van der Waals surface area contributed by atoms with Crippen molar-refractivity contribution < 1.29 is 22.4 Å². The summed E-state index contributed by atoms with van der Waals surface area (Å²) >= 11 is 0. The number of anilines is 1. The molecular weight excluding hydrogens is 505 g/mol. The van der Waals surface area contributed by atoms with Crippen molar-refractivity contribution in [3.8, 4) is 0 Å².